The van der Waals surface area contributed by atoms with Crippen molar-refractivity contribution in [3.8, 4) is 28.4 Å². The number of hydrogen-bond acceptors (Lipinski definition) is 5. The SMILES string of the molecule is Cc1ccc(-c2[nH]c(-c3ccnc(N)n3)cc2OC(N)=O)c(F)c1. The van der Waals surface area contributed by atoms with Gasteiger partial charge in [0, 0.05) is 17.8 Å². The minimum atomic E-state index is -1.00. The summed E-state index contributed by atoms with van der Waals surface area (Å²) in [5.74, 6) is -0.278. The van der Waals surface area contributed by atoms with Gasteiger partial charge in [0.25, 0.3) is 0 Å². The van der Waals surface area contributed by atoms with Crippen LogP contribution in [0.5, 0.6) is 5.75 Å². The largest absolute Gasteiger partial charge is 0.410 e. The number of primary amides is 1. The summed E-state index contributed by atoms with van der Waals surface area (Å²) >= 11 is 0. The number of aromatic amines is 1. The molecule has 7 nitrogen and oxygen atoms in total. The van der Waals surface area contributed by atoms with Crippen LogP contribution >= 0.6 is 0 Å². The number of amides is 1. The topological polar surface area (TPSA) is 120 Å². The van der Waals surface area contributed by atoms with Crippen LogP contribution in [0.2, 0.25) is 0 Å². The van der Waals surface area contributed by atoms with Gasteiger partial charge in [0.1, 0.15) is 5.82 Å². The third-order valence-corrected chi connectivity index (χ3v) is 3.34. The molecule has 122 valence electrons. The maximum Gasteiger partial charge on any atom is 0.410 e. The van der Waals surface area contributed by atoms with E-state index in [9.17, 15) is 9.18 Å². The summed E-state index contributed by atoms with van der Waals surface area (Å²) < 4.78 is 19.3. The van der Waals surface area contributed by atoms with Gasteiger partial charge in [-0.15, -0.1) is 0 Å². The van der Waals surface area contributed by atoms with E-state index >= 15 is 0 Å². The third-order valence-electron chi connectivity index (χ3n) is 3.34. The number of benzene rings is 1. The van der Waals surface area contributed by atoms with Crippen molar-refractivity contribution < 1.29 is 13.9 Å². The number of nitrogens with one attached hydrogen (secondary N) is 1. The Morgan fingerprint density at radius 3 is 2.75 bits per heavy atom. The summed E-state index contributed by atoms with van der Waals surface area (Å²) in [6, 6.07) is 7.83. The van der Waals surface area contributed by atoms with Crippen molar-refractivity contribution >= 4 is 12.0 Å². The Hall–Kier alpha value is -3.42. The van der Waals surface area contributed by atoms with Crippen LogP contribution in [0.3, 0.4) is 0 Å². The number of halogens is 1. The van der Waals surface area contributed by atoms with Gasteiger partial charge in [-0.2, -0.15) is 0 Å². The third kappa shape index (κ3) is 3.02. The molecule has 5 N–H and O–H groups in total. The quantitative estimate of drug-likeness (QED) is 0.683. The van der Waals surface area contributed by atoms with E-state index in [1.54, 1.807) is 25.1 Å². The Balaban J connectivity index is 2.15. The summed E-state index contributed by atoms with van der Waals surface area (Å²) in [5.41, 5.74) is 12.9. The van der Waals surface area contributed by atoms with Gasteiger partial charge in [-0.3, -0.25) is 0 Å². The molecule has 0 bridgehead atoms. The van der Waals surface area contributed by atoms with E-state index in [0.717, 1.165) is 5.56 Å². The number of carbonyl (C=O) groups is 1. The Kier molecular flexibility index (Phi) is 3.87. The molecule has 0 saturated heterocycles. The Morgan fingerprint density at radius 2 is 2.08 bits per heavy atom. The average molecular weight is 327 g/mol. The number of hydrogen-bond donors (Lipinski definition) is 3. The molecule has 0 radical (unpaired) electrons. The lowest BCUT2D eigenvalue weighted by Gasteiger charge is -2.05. The van der Waals surface area contributed by atoms with E-state index in [2.05, 4.69) is 15.0 Å². The van der Waals surface area contributed by atoms with E-state index in [-0.39, 0.29) is 23.0 Å². The van der Waals surface area contributed by atoms with Crippen LogP contribution in [0.15, 0.2) is 36.5 Å². The second-order valence-corrected chi connectivity index (χ2v) is 5.13. The van der Waals surface area contributed by atoms with Crippen molar-refractivity contribution in [3.05, 3.63) is 47.9 Å². The second-order valence-electron chi connectivity index (χ2n) is 5.13. The zero-order valence-electron chi connectivity index (χ0n) is 12.7. The molecule has 3 rings (SSSR count). The van der Waals surface area contributed by atoms with Gasteiger partial charge >= 0.3 is 6.09 Å². The number of ether oxygens (including phenoxy) is 1. The highest BCUT2D eigenvalue weighted by Crippen LogP contribution is 2.35. The molecule has 24 heavy (non-hydrogen) atoms. The predicted molar refractivity (Wildman–Crippen MR) is 86.6 cm³/mol. The molecule has 1 aromatic carbocycles. The van der Waals surface area contributed by atoms with Crippen molar-refractivity contribution in [2.45, 2.75) is 6.92 Å². The van der Waals surface area contributed by atoms with Crippen LogP contribution < -0.4 is 16.2 Å². The second kappa shape index (κ2) is 5.99. The first-order chi connectivity index (χ1) is 11.4. The minimum absolute atomic E-state index is 0.0857. The van der Waals surface area contributed by atoms with Gasteiger partial charge in [0.2, 0.25) is 5.95 Å². The molecule has 0 saturated carbocycles. The first kappa shape index (κ1) is 15.5. The summed E-state index contributed by atoms with van der Waals surface area (Å²) in [4.78, 5) is 22.0. The fourth-order valence-electron chi connectivity index (χ4n) is 2.31. The number of rotatable bonds is 3. The fourth-order valence-corrected chi connectivity index (χ4v) is 2.31. The monoisotopic (exact) mass is 327 g/mol. The van der Waals surface area contributed by atoms with Crippen LogP contribution in [0, 0.1) is 12.7 Å². The molecule has 0 aliphatic heterocycles. The number of aryl methyl sites for hydroxylation is 1. The van der Waals surface area contributed by atoms with Crippen molar-refractivity contribution in [2.75, 3.05) is 5.73 Å². The van der Waals surface area contributed by atoms with Crippen LogP contribution in [-0.2, 0) is 0 Å². The molecular formula is C16H14FN5O2. The normalized spacial score (nSPS) is 10.6. The highest BCUT2D eigenvalue weighted by molar-refractivity contribution is 5.78. The van der Waals surface area contributed by atoms with Crippen molar-refractivity contribution in [2.24, 2.45) is 5.73 Å². The Labute approximate surface area is 136 Å². The molecule has 0 unspecified atom stereocenters. The molecule has 0 fully saturated rings. The zero-order valence-corrected chi connectivity index (χ0v) is 12.7. The van der Waals surface area contributed by atoms with Gasteiger partial charge in [-0.05, 0) is 30.7 Å². The lowest BCUT2D eigenvalue weighted by Crippen LogP contribution is -2.16. The van der Waals surface area contributed by atoms with E-state index in [1.807, 2.05) is 0 Å². The summed E-state index contributed by atoms with van der Waals surface area (Å²) in [5, 5.41) is 0. The van der Waals surface area contributed by atoms with Crippen LogP contribution in [0.25, 0.3) is 22.6 Å². The van der Waals surface area contributed by atoms with Gasteiger partial charge in [0.15, 0.2) is 5.75 Å². The van der Waals surface area contributed by atoms with E-state index < -0.39 is 11.9 Å². The molecule has 0 aliphatic rings. The lowest BCUT2D eigenvalue weighted by molar-refractivity contribution is 0.211. The number of H-pyrrole nitrogens is 1. The first-order valence-corrected chi connectivity index (χ1v) is 7.00. The van der Waals surface area contributed by atoms with Crippen molar-refractivity contribution in [3.63, 3.8) is 0 Å². The Morgan fingerprint density at radius 1 is 1.29 bits per heavy atom. The van der Waals surface area contributed by atoms with Gasteiger partial charge in [0.05, 0.1) is 17.1 Å². The van der Waals surface area contributed by atoms with Gasteiger partial charge in [-0.25, -0.2) is 19.2 Å². The summed E-state index contributed by atoms with van der Waals surface area (Å²) in [7, 11) is 0. The fraction of sp³-hybridized carbons (Fsp3) is 0.0625. The van der Waals surface area contributed by atoms with Gasteiger partial charge < -0.3 is 21.2 Å². The van der Waals surface area contributed by atoms with E-state index in [1.165, 1.54) is 18.3 Å². The molecule has 0 atom stereocenters. The van der Waals surface area contributed by atoms with Crippen LogP contribution in [0.1, 0.15) is 5.56 Å². The van der Waals surface area contributed by atoms with Crippen molar-refractivity contribution in [1.82, 2.24) is 15.0 Å². The number of nitrogen functional groups attached to an aromatic ring is 1. The number of nitrogens with zero attached hydrogens (tertiary/aromatic N) is 2. The van der Waals surface area contributed by atoms with Gasteiger partial charge in [-0.1, -0.05) is 6.07 Å². The summed E-state index contributed by atoms with van der Waals surface area (Å²) in [6.07, 6.45) is 0.482. The van der Waals surface area contributed by atoms with Crippen molar-refractivity contribution in [1.29, 1.82) is 0 Å². The highest BCUT2D eigenvalue weighted by atomic mass is 19.1. The number of carbonyl (C=O) groups excluding carboxylic acids is 1. The van der Waals surface area contributed by atoms with Crippen LogP contribution in [-0.4, -0.2) is 21.0 Å². The number of aromatic nitrogens is 3. The standard InChI is InChI=1S/C16H14FN5O2/c1-8-2-3-9(10(17)6-8)14-13(24-16(19)23)7-12(21-14)11-4-5-20-15(18)22-11/h2-7,21H,1H3,(H2,19,23)(H2,18,20,22). The number of anilines is 1. The summed E-state index contributed by atoms with van der Waals surface area (Å²) in [6.45, 7) is 1.78. The highest BCUT2D eigenvalue weighted by Gasteiger charge is 2.18. The minimum Gasteiger partial charge on any atom is -0.408 e. The molecular weight excluding hydrogens is 313 g/mol. The Bertz CT molecular complexity index is 923. The smallest absolute Gasteiger partial charge is 0.408 e. The molecule has 1 amide bonds. The molecule has 0 aliphatic carbocycles. The number of nitrogens with two attached hydrogens (primary N) is 2. The maximum absolute atomic E-state index is 14.3. The van der Waals surface area contributed by atoms with E-state index in [4.69, 9.17) is 16.2 Å². The average Bonchev–Trinajstić information content (AvgIpc) is 2.90. The molecule has 2 aromatic heterocycles. The molecule has 8 heteroatoms. The van der Waals surface area contributed by atoms with Crippen LogP contribution in [0.4, 0.5) is 15.1 Å². The maximum atomic E-state index is 14.3. The predicted octanol–water partition coefficient (Wildman–Crippen LogP) is 2.63. The molecule has 3 aromatic rings. The lowest BCUT2D eigenvalue weighted by atomic mass is 10.1. The first-order valence-electron chi connectivity index (χ1n) is 7.00. The molecule has 0 spiro atoms. The molecule has 2 heterocycles. The van der Waals surface area contributed by atoms with E-state index in [0.29, 0.717) is 11.4 Å². The zero-order chi connectivity index (χ0) is 17.3.